The third kappa shape index (κ3) is 1.74. The van der Waals surface area contributed by atoms with Crippen LogP contribution >= 0.6 is 0 Å². The van der Waals surface area contributed by atoms with Gasteiger partial charge in [0.2, 0.25) is 5.66 Å². The second kappa shape index (κ2) is 4.75. The highest BCUT2D eigenvalue weighted by molar-refractivity contribution is 6.03. The molecule has 4 atom stereocenters. The van der Waals surface area contributed by atoms with E-state index in [-0.39, 0.29) is 16.7 Å². The Labute approximate surface area is 153 Å². The minimum atomic E-state index is -0.474. The molecule has 6 nitrogen and oxygen atoms in total. The van der Waals surface area contributed by atoms with E-state index in [0.717, 1.165) is 24.5 Å². The summed E-state index contributed by atoms with van der Waals surface area (Å²) in [6, 6.07) is 9.91. The smallest absolute Gasteiger partial charge is 0.253 e. The summed E-state index contributed by atoms with van der Waals surface area (Å²) in [5, 5.41) is 3.26. The zero-order valence-electron chi connectivity index (χ0n) is 15.3. The first-order valence-corrected chi connectivity index (χ1v) is 9.06. The van der Waals surface area contributed by atoms with Crippen molar-refractivity contribution in [1.82, 2.24) is 15.1 Å². The maximum Gasteiger partial charge on any atom is 0.253 e. The third-order valence-corrected chi connectivity index (χ3v) is 6.91. The van der Waals surface area contributed by atoms with Gasteiger partial charge in [0, 0.05) is 42.6 Å². The number of likely N-dealkylation sites (tertiary alicyclic amines) is 1. The molecule has 3 aliphatic heterocycles. The number of fused-ring (bicyclic) bond motifs is 1. The number of hydrogen-bond donors (Lipinski definition) is 1. The highest BCUT2D eigenvalue weighted by Crippen LogP contribution is 2.70. The number of amides is 1. The standard InChI is InChI=1S/C20H23N5O/c1-18-11-25(15(26)14-7-5-4-6-8-14)12-19(18,2)16(18)24(3)17-20(9-10-22-20)23-13-21-17/h4-10,13,16,22H,11-12H2,1-3H3/t16-,18-,19+,20?. The Kier molecular flexibility index (Phi) is 2.85. The molecule has 2 fully saturated rings. The van der Waals surface area contributed by atoms with E-state index in [0.29, 0.717) is 6.04 Å². The Morgan fingerprint density at radius 3 is 2.46 bits per heavy atom. The van der Waals surface area contributed by atoms with Gasteiger partial charge in [0.1, 0.15) is 6.34 Å². The highest BCUT2D eigenvalue weighted by Gasteiger charge is 2.77. The van der Waals surface area contributed by atoms with Crippen LogP contribution in [-0.2, 0) is 0 Å². The van der Waals surface area contributed by atoms with Crippen molar-refractivity contribution in [3.05, 3.63) is 48.2 Å². The van der Waals surface area contributed by atoms with Gasteiger partial charge in [-0.05, 0) is 24.4 Å². The van der Waals surface area contributed by atoms with E-state index in [4.69, 9.17) is 0 Å². The van der Waals surface area contributed by atoms with Crippen molar-refractivity contribution >= 4 is 18.1 Å². The topological polar surface area (TPSA) is 60.3 Å². The molecule has 134 valence electrons. The van der Waals surface area contributed by atoms with Crippen LogP contribution in [0.25, 0.3) is 0 Å². The van der Waals surface area contributed by atoms with Crippen LogP contribution in [0, 0.1) is 10.8 Å². The van der Waals surface area contributed by atoms with E-state index in [1.807, 2.05) is 47.5 Å². The maximum absolute atomic E-state index is 12.8. The Bertz CT molecular complexity index is 859. The van der Waals surface area contributed by atoms with E-state index in [1.54, 1.807) is 6.34 Å². The Balaban J connectivity index is 1.35. The quantitative estimate of drug-likeness (QED) is 0.884. The molecule has 1 aromatic rings. The second-order valence-corrected chi connectivity index (χ2v) is 8.32. The molecule has 1 aromatic carbocycles. The van der Waals surface area contributed by atoms with Crippen LogP contribution in [-0.4, -0.2) is 59.7 Å². The van der Waals surface area contributed by atoms with Gasteiger partial charge in [-0.25, -0.2) is 9.98 Å². The molecule has 1 aliphatic carbocycles. The summed E-state index contributed by atoms with van der Waals surface area (Å²) in [5.41, 5.74) is 0.415. The van der Waals surface area contributed by atoms with Gasteiger partial charge in [0.15, 0.2) is 5.84 Å². The molecule has 5 rings (SSSR count). The Morgan fingerprint density at radius 2 is 1.88 bits per heavy atom. The fraction of sp³-hybridized carbons (Fsp3) is 0.450. The Morgan fingerprint density at radius 1 is 1.23 bits per heavy atom. The lowest BCUT2D eigenvalue weighted by molar-refractivity contribution is 0.0743. The van der Waals surface area contributed by atoms with Crippen molar-refractivity contribution in [3.63, 3.8) is 0 Å². The zero-order valence-corrected chi connectivity index (χ0v) is 15.3. The summed E-state index contributed by atoms with van der Waals surface area (Å²) >= 11 is 0. The molecule has 3 heterocycles. The number of rotatable bonds is 2. The fourth-order valence-electron chi connectivity index (χ4n) is 5.34. The molecule has 1 amide bonds. The molecule has 4 aliphatic rings. The van der Waals surface area contributed by atoms with E-state index < -0.39 is 5.66 Å². The molecule has 0 bridgehead atoms. The summed E-state index contributed by atoms with van der Waals surface area (Å²) in [4.78, 5) is 26.1. The second-order valence-electron chi connectivity index (χ2n) is 8.32. The van der Waals surface area contributed by atoms with Gasteiger partial charge in [0.05, 0.1) is 0 Å². The molecular formula is C20H23N5O. The van der Waals surface area contributed by atoms with Crippen molar-refractivity contribution in [2.24, 2.45) is 20.8 Å². The number of aliphatic imine (C=N–C) groups is 2. The van der Waals surface area contributed by atoms with Gasteiger partial charge in [-0.1, -0.05) is 32.0 Å². The molecule has 1 saturated carbocycles. The Hall–Kier alpha value is -2.63. The number of benzene rings is 1. The van der Waals surface area contributed by atoms with E-state index in [9.17, 15) is 4.79 Å². The number of carbonyl (C=O) groups excluding carboxylic acids is 1. The lowest BCUT2D eigenvalue weighted by Gasteiger charge is -2.38. The third-order valence-electron chi connectivity index (χ3n) is 6.91. The number of piperidine rings is 1. The summed E-state index contributed by atoms with van der Waals surface area (Å²) < 4.78 is 0. The molecular weight excluding hydrogens is 326 g/mol. The van der Waals surface area contributed by atoms with Gasteiger partial charge >= 0.3 is 0 Å². The lowest BCUT2D eigenvalue weighted by atomic mass is 10.0. The zero-order chi connectivity index (χ0) is 18.2. The first-order valence-electron chi connectivity index (χ1n) is 9.06. The van der Waals surface area contributed by atoms with Crippen LogP contribution in [0.2, 0.25) is 0 Å². The molecule has 1 saturated heterocycles. The summed E-state index contributed by atoms with van der Waals surface area (Å²) in [6.07, 6.45) is 5.58. The van der Waals surface area contributed by atoms with Crippen LogP contribution < -0.4 is 5.32 Å². The molecule has 26 heavy (non-hydrogen) atoms. The average Bonchev–Trinajstić information content (AvgIpc) is 2.96. The normalized spacial score (nSPS) is 38.7. The van der Waals surface area contributed by atoms with Gasteiger partial charge in [0.25, 0.3) is 5.91 Å². The van der Waals surface area contributed by atoms with Crippen LogP contribution in [0.5, 0.6) is 0 Å². The molecule has 1 unspecified atom stereocenters. The molecule has 0 radical (unpaired) electrons. The monoisotopic (exact) mass is 349 g/mol. The molecule has 6 heteroatoms. The first-order chi connectivity index (χ1) is 12.4. The SMILES string of the molecule is CN(C1=NC=NC12C=CN2)[C@H]1[C@]2(C)CN(C(=O)c3ccccc3)C[C@]12C. The average molecular weight is 349 g/mol. The first kappa shape index (κ1) is 15.6. The number of amidine groups is 1. The van der Waals surface area contributed by atoms with Crippen molar-refractivity contribution < 1.29 is 4.79 Å². The van der Waals surface area contributed by atoms with Crippen LogP contribution in [0.15, 0.2) is 52.6 Å². The van der Waals surface area contributed by atoms with E-state index in [2.05, 4.69) is 41.1 Å². The van der Waals surface area contributed by atoms with Crippen molar-refractivity contribution in [1.29, 1.82) is 0 Å². The van der Waals surface area contributed by atoms with E-state index >= 15 is 0 Å². The van der Waals surface area contributed by atoms with Gasteiger partial charge in [-0.2, -0.15) is 0 Å². The predicted octanol–water partition coefficient (Wildman–Crippen LogP) is 1.72. The summed E-state index contributed by atoms with van der Waals surface area (Å²) in [5.74, 6) is 1.08. The van der Waals surface area contributed by atoms with Crippen molar-refractivity contribution in [3.8, 4) is 0 Å². The summed E-state index contributed by atoms with van der Waals surface area (Å²) in [6.45, 7) is 6.13. The van der Waals surface area contributed by atoms with Crippen molar-refractivity contribution in [2.75, 3.05) is 20.1 Å². The number of nitrogens with zero attached hydrogens (tertiary/aromatic N) is 4. The predicted molar refractivity (Wildman–Crippen MR) is 101 cm³/mol. The molecule has 0 aromatic heterocycles. The lowest BCUT2D eigenvalue weighted by Crippen LogP contribution is -2.57. The highest BCUT2D eigenvalue weighted by atomic mass is 16.2. The molecule has 1 spiro atoms. The number of nitrogens with one attached hydrogen (secondary N) is 1. The number of hydrogen-bond acceptors (Lipinski definition) is 5. The van der Waals surface area contributed by atoms with Crippen LogP contribution in [0.4, 0.5) is 0 Å². The van der Waals surface area contributed by atoms with Gasteiger partial charge in [-0.15, -0.1) is 0 Å². The van der Waals surface area contributed by atoms with Crippen LogP contribution in [0.3, 0.4) is 0 Å². The van der Waals surface area contributed by atoms with Gasteiger partial charge in [-0.3, -0.25) is 4.79 Å². The fourth-order valence-corrected chi connectivity index (χ4v) is 5.34. The number of carbonyl (C=O) groups is 1. The number of likely N-dealkylation sites (N-methyl/N-ethyl adjacent to an activating group) is 1. The molecule has 1 N–H and O–H groups in total. The van der Waals surface area contributed by atoms with E-state index in [1.165, 1.54) is 0 Å². The van der Waals surface area contributed by atoms with Crippen LogP contribution in [0.1, 0.15) is 24.2 Å². The van der Waals surface area contributed by atoms with Gasteiger partial charge < -0.3 is 15.1 Å². The minimum absolute atomic E-state index is 0.0615. The minimum Gasteiger partial charge on any atom is -0.358 e. The van der Waals surface area contributed by atoms with Crippen molar-refractivity contribution in [2.45, 2.75) is 25.6 Å². The maximum atomic E-state index is 12.8. The largest absolute Gasteiger partial charge is 0.358 e. The summed E-state index contributed by atoms with van der Waals surface area (Å²) in [7, 11) is 2.10.